The van der Waals surface area contributed by atoms with Gasteiger partial charge in [0, 0.05) is 5.92 Å². The van der Waals surface area contributed by atoms with Crippen molar-refractivity contribution in [2.75, 3.05) is 0 Å². The van der Waals surface area contributed by atoms with Crippen LogP contribution in [0.15, 0.2) is 158 Å². The molecule has 0 saturated heterocycles. The van der Waals surface area contributed by atoms with E-state index in [4.69, 9.17) is 6.57 Å². The van der Waals surface area contributed by atoms with Crippen molar-refractivity contribution >= 4 is 38.0 Å². The summed E-state index contributed by atoms with van der Waals surface area (Å²) in [4.78, 5) is 3.56. The summed E-state index contributed by atoms with van der Waals surface area (Å²) in [7, 11) is 0. The quantitative estimate of drug-likeness (QED) is 0.113. The van der Waals surface area contributed by atoms with Crippen LogP contribution in [0.1, 0.15) is 22.6 Å². The summed E-state index contributed by atoms with van der Waals surface area (Å²) in [5.41, 5.74) is 12.1. The Balaban J connectivity index is 1.24. The summed E-state index contributed by atoms with van der Waals surface area (Å²) < 4.78 is 0. The third-order valence-corrected chi connectivity index (χ3v) is 9.53. The van der Waals surface area contributed by atoms with Crippen LogP contribution in [0.5, 0.6) is 0 Å². The molecule has 1 nitrogen and oxygen atoms in total. The van der Waals surface area contributed by atoms with E-state index in [2.05, 4.69) is 150 Å². The lowest BCUT2D eigenvalue weighted by molar-refractivity contribution is 1.02. The molecule has 8 aromatic rings. The molecular weight excluding hydrogens is 542 g/mol. The van der Waals surface area contributed by atoms with Crippen molar-refractivity contribution in [2.24, 2.45) is 0 Å². The summed E-state index contributed by atoms with van der Waals surface area (Å²) >= 11 is 0. The Morgan fingerprint density at radius 1 is 0.422 bits per heavy atom. The fraction of sp³-hybridized carbons (Fsp3) is 0.0227. The second kappa shape index (κ2) is 10.1. The van der Waals surface area contributed by atoms with E-state index in [9.17, 15) is 0 Å². The first-order valence-electron chi connectivity index (χ1n) is 15.4. The van der Waals surface area contributed by atoms with E-state index in [0.29, 0.717) is 5.69 Å². The minimum atomic E-state index is 0.150. The molecule has 0 fully saturated rings. The van der Waals surface area contributed by atoms with Crippen molar-refractivity contribution in [1.29, 1.82) is 0 Å². The number of rotatable bonds is 3. The number of hydrogen-bond donors (Lipinski definition) is 0. The molecule has 0 aromatic heterocycles. The van der Waals surface area contributed by atoms with Gasteiger partial charge in [0.2, 0.25) is 0 Å². The lowest BCUT2D eigenvalue weighted by atomic mass is 9.85. The molecule has 1 heteroatoms. The Labute approximate surface area is 262 Å². The van der Waals surface area contributed by atoms with Crippen LogP contribution in [0.2, 0.25) is 0 Å². The topological polar surface area (TPSA) is 4.36 Å². The van der Waals surface area contributed by atoms with Crippen molar-refractivity contribution in [3.8, 4) is 33.4 Å². The van der Waals surface area contributed by atoms with Crippen molar-refractivity contribution in [1.82, 2.24) is 0 Å². The van der Waals surface area contributed by atoms with Gasteiger partial charge in [0.15, 0.2) is 5.69 Å². The van der Waals surface area contributed by atoms with Gasteiger partial charge in [-0.2, -0.15) is 0 Å². The minimum absolute atomic E-state index is 0.150. The first-order chi connectivity index (χ1) is 22.3. The monoisotopic (exact) mass is 569 g/mol. The molecule has 8 aromatic carbocycles. The fourth-order valence-corrected chi connectivity index (χ4v) is 7.47. The van der Waals surface area contributed by atoms with Crippen LogP contribution in [0.4, 0.5) is 5.69 Å². The van der Waals surface area contributed by atoms with Gasteiger partial charge >= 0.3 is 0 Å². The molecule has 1 unspecified atom stereocenters. The lowest BCUT2D eigenvalue weighted by Crippen LogP contribution is -1.99. The maximum absolute atomic E-state index is 7.31. The minimum Gasteiger partial charge on any atom is -0.238 e. The van der Waals surface area contributed by atoms with Crippen molar-refractivity contribution in [2.45, 2.75) is 5.92 Å². The van der Waals surface area contributed by atoms with Crippen LogP contribution in [-0.2, 0) is 0 Å². The Morgan fingerprint density at radius 3 is 2.02 bits per heavy atom. The normalized spacial score (nSPS) is 13.5. The highest BCUT2D eigenvalue weighted by atomic mass is 14.6. The third kappa shape index (κ3) is 4.00. The molecule has 0 spiro atoms. The smallest absolute Gasteiger partial charge is 0.187 e. The maximum atomic E-state index is 7.31. The molecule has 1 aliphatic rings. The fourth-order valence-electron chi connectivity index (χ4n) is 7.47. The number of hydrogen-bond acceptors (Lipinski definition) is 0. The van der Waals surface area contributed by atoms with Crippen LogP contribution >= 0.6 is 0 Å². The molecule has 45 heavy (non-hydrogen) atoms. The molecule has 0 bridgehead atoms. The van der Waals surface area contributed by atoms with Gasteiger partial charge in [-0.3, -0.25) is 0 Å². The average Bonchev–Trinajstić information content (AvgIpc) is 3.44. The van der Waals surface area contributed by atoms with E-state index in [1.807, 2.05) is 12.1 Å². The van der Waals surface area contributed by atoms with Crippen molar-refractivity contribution in [3.05, 3.63) is 186 Å². The maximum Gasteiger partial charge on any atom is 0.187 e. The zero-order chi connectivity index (χ0) is 29.9. The molecule has 0 saturated carbocycles. The van der Waals surface area contributed by atoms with Crippen LogP contribution in [0, 0.1) is 6.57 Å². The summed E-state index contributed by atoms with van der Waals surface area (Å²) in [5.74, 6) is 0.150. The predicted octanol–water partition coefficient (Wildman–Crippen LogP) is 12.2. The van der Waals surface area contributed by atoms with Gasteiger partial charge in [-0.15, -0.1) is 0 Å². The largest absolute Gasteiger partial charge is 0.238 e. The molecule has 1 aliphatic carbocycles. The first-order valence-corrected chi connectivity index (χ1v) is 15.4. The van der Waals surface area contributed by atoms with Gasteiger partial charge in [-0.1, -0.05) is 146 Å². The first kappa shape index (κ1) is 25.5. The van der Waals surface area contributed by atoms with Crippen molar-refractivity contribution in [3.63, 3.8) is 0 Å². The van der Waals surface area contributed by atoms with Gasteiger partial charge in [0.1, 0.15) is 0 Å². The molecule has 0 N–H and O–H groups in total. The van der Waals surface area contributed by atoms with E-state index >= 15 is 0 Å². The predicted molar refractivity (Wildman–Crippen MR) is 189 cm³/mol. The van der Waals surface area contributed by atoms with E-state index in [0.717, 1.165) is 5.56 Å². The van der Waals surface area contributed by atoms with Gasteiger partial charge in [-0.25, -0.2) is 4.85 Å². The highest BCUT2D eigenvalue weighted by molar-refractivity contribution is 6.20. The number of nitrogens with zero attached hydrogens (tertiary/aromatic N) is 1. The third-order valence-electron chi connectivity index (χ3n) is 9.53. The van der Waals surface area contributed by atoms with Crippen molar-refractivity contribution < 1.29 is 0 Å². The highest BCUT2D eigenvalue weighted by Crippen LogP contribution is 2.50. The molecule has 0 amide bonds. The average molecular weight is 570 g/mol. The lowest BCUT2D eigenvalue weighted by Gasteiger charge is -2.18. The second-order valence-corrected chi connectivity index (χ2v) is 12.0. The molecule has 0 radical (unpaired) electrons. The Hall–Kier alpha value is -5.97. The van der Waals surface area contributed by atoms with Gasteiger partial charge < -0.3 is 0 Å². The van der Waals surface area contributed by atoms with Gasteiger partial charge in [-0.05, 0) is 94.5 Å². The van der Waals surface area contributed by atoms with Crippen LogP contribution in [0.25, 0.3) is 70.5 Å². The Bertz CT molecular complexity index is 2490. The van der Waals surface area contributed by atoms with E-state index < -0.39 is 0 Å². The zero-order valence-corrected chi connectivity index (χ0v) is 24.5. The molecule has 9 rings (SSSR count). The molecule has 0 heterocycles. The van der Waals surface area contributed by atoms with Crippen LogP contribution in [0.3, 0.4) is 0 Å². The van der Waals surface area contributed by atoms with Crippen LogP contribution < -0.4 is 0 Å². The number of benzene rings is 8. The summed E-state index contributed by atoms with van der Waals surface area (Å²) in [6.07, 6.45) is 0. The van der Waals surface area contributed by atoms with E-state index in [1.54, 1.807) is 0 Å². The molecular formula is C44H27N. The summed E-state index contributed by atoms with van der Waals surface area (Å²) in [6, 6.07) is 57.2. The SMILES string of the molecule is [C-]#[N+]c1ccc(-c2ccc3c(c2)-c2ccccc2C3c2cccc(-c3c4ccccc4cc4c3ccc3ccccc34)c2)cc1. The Morgan fingerprint density at radius 2 is 1.16 bits per heavy atom. The standard InChI is InChI=1S/C44H27N/c1-45-34-21-17-28(18-22-34)30-20-24-40-42(26-30)37-15-6-7-16-38(37)44(40)33-12-8-11-32(25-33)43-36-14-5-3-10-31(36)27-41-35-13-4-2-9-29(35)19-23-39(41)43/h2-27,44H. The zero-order valence-electron chi connectivity index (χ0n) is 24.5. The summed E-state index contributed by atoms with van der Waals surface area (Å²) in [6.45, 7) is 7.31. The molecule has 1 atom stereocenters. The van der Waals surface area contributed by atoms with Gasteiger partial charge in [0.25, 0.3) is 0 Å². The highest BCUT2D eigenvalue weighted by Gasteiger charge is 2.30. The molecule has 208 valence electrons. The van der Waals surface area contributed by atoms with E-state index in [-0.39, 0.29) is 5.92 Å². The second-order valence-electron chi connectivity index (χ2n) is 12.0. The molecule has 0 aliphatic heterocycles. The number of fused-ring (bicyclic) bond motifs is 7. The van der Waals surface area contributed by atoms with E-state index in [1.165, 1.54) is 76.8 Å². The van der Waals surface area contributed by atoms with Gasteiger partial charge in [0.05, 0.1) is 6.57 Å². The summed E-state index contributed by atoms with van der Waals surface area (Å²) in [5, 5.41) is 7.66. The van der Waals surface area contributed by atoms with Crippen LogP contribution in [-0.4, -0.2) is 0 Å². The Kier molecular flexibility index (Phi) is 5.70.